The van der Waals surface area contributed by atoms with E-state index in [1.54, 1.807) is 25.1 Å². The Morgan fingerprint density at radius 1 is 1.10 bits per heavy atom. The number of ether oxygens (including phenoxy) is 2. The second-order valence-electron chi connectivity index (χ2n) is 9.81. The predicted molar refractivity (Wildman–Crippen MR) is 116 cm³/mol. The van der Waals surface area contributed by atoms with Crippen molar-refractivity contribution in [2.75, 3.05) is 40.5 Å². The molecule has 0 aromatic heterocycles. The fraction of sp³-hybridized carbons (Fsp3) is 0.826. The first kappa shape index (κ1) is 27.6. The van der Waals surface area contributed by atoms with E-state index < -0.39 is 10.8 Å². The van der Waals surface area contributed by atoms with E-state index in [0.29, 0.717) is 19.6 Å². The number of aliphatic hydroxyl groups is 1. The maximum absolute atomic E-state index is 13.1. The molecular weight excluding hydrogens is 370 g/mol. The van der Waals surface area contributed by atoms with Crippen LogP contribution in [0.25, 0.3) is 0 Å². The molecular formula is C23H43NO5. The van der Waals surface area contributed by atoms with Crippen LogP contribution < -0.4 is 0 Å². The van der Waals surface area contributed by atoms with Crippen molar-refractivity contribution in [1.82, 2.24) is 4.90 Å². The van der Waals surface area contributed by atoms with Crippen molar-refractivity contribution in [3.8, 4) is 0 Å². The smallest absolute Gasteiger partial charge is 0.312 e. The van der Waals surface area contributed by atoms with Crippen molar-refractivity contribution >= 4 is 11.9 Å². The molecule has 1 amide bonds. The molecule has 170 valence electrons. The minimum absolute atomic E-state index is 0.0192. The summed E-state index contributed by atoms with van der Waals surface area (Å²) in [6, 6.07) is 0. The summed E-state index contributed by atoms with van der Waals surface area (Å²) in [4.78, 5) is 27.4. The Hall–Kier alpha value is -1.40. The zero-order chi connectivity index (χ0) is 22.9. The molecule has 0 spiro atoms. The van der Waals surface area contributed by atoms with Crippen LogP contribution in [-0.4, -0.2) is 62.4 Å². The Balaban J connectivity index is 5.52. The fourth-order valence-corrected chi connectivity index (χ4v) is 3.34. The van der Waals surface area contributed by atoms with Crippen molar-refractivity contribution in [2.24, 2.45) is 22.2 Å². The predicted octanol–water partition coefficient (Wildman–Crippen LogP) is 3.68. The minimum Gasteiger partial charge on any atom is -0.463 e. The summed E-state index contributed by atoms with van der Waals surface area (Å²) in [6.45, 7) is 16.5. The van der Waals surface area contributed by atoms with Crippen molar-refractivity contribution < 1.29 is 24.2 Å². The van der Waals surface area contributed by atoms with Gasteiger partial charge in [0.15, 0.2) is 0 Å². The average Bonchev–Trinajstić information content (AvgIpc) is 2.62. The van der Waals surface area contributed by atoms with Gasteiger partial charge in [0, 0.05) is 26.6 Å². The maximum atomic E-state index is 13.1. The number of rotatable bonds is 14. The maximum Gasteiger partial charge on any atom is 0.312 e. The molecule has 0 rings (SSSR count). The van der Waals surface area contributed by atoms with Crippen LogP contribution in [0.2, 0.25) is 0 Å². The summed E-state index contributed by atoms with van der Waals surface area (Å²) in [7, 11) is 3.54. The van der Waals surface area contributed by atoms with Gasteiger partial charge in [0.1, 0.15) is 6.61 Å². The van der Waals surface area contributed by atoms with Gasteiger partial charge < -0.3 is 19.5 Å². The number of hydrogen-bond acceptors (Lipinski definition) is 5. The number of nitrogens with zero attached hydrogens (tertiary/aromatic N) is 1. The molecule has 0 aliphatic rings. The molecule has 0 fully saturated rings. The Labute approximate surface area is 177 Å². The molecule has 6 heteroatoms. The third-order valence-electron chi connectivity index (χ3n) is 6.27. The number of esters is 1. The van der Waals surface area contributed by atoms with Gasteiger partial charge in [-0.3, -0.25) is 9.59 Å². The van der Waals surface area contributed by atoms with E-state index in [1.165, 1.54) is 0 Å². The second kappa shape index (κ2) is 11.7. The van der Waals surface area contributed by atoms with Crippen LogP contribution in [0.15, 0.2) is 12.7 Å². The molecule has 0 bridgehead atoms. The van der Waals surface area contributed by atoms with Crippen molar-refractivity contribution in [1.29, 1.82) is 0 Å². The molecule has 0 aromatic rings. The number of hydrogen-bond donors (Lipinski definition) is 1. The van der Waals surface area contributed by atoms with Gasteiger partial charge in [0.05, 0.1) is 18.6 Å². The summed E-state index contributed by atoms with van der Waals surface area (Å²) in [6.07, 6.45) is 3.95. The number of carbonyl (C=O) groups is 2. The fourth-order valence-electron chi connectivity index (χ4n) is 3.34. The summed E-state index contributed by atoms with van der Waals surface area (Å²) in [5, 5.41) is 8.96. The van der Waals surface area contributed by atoms with E-state index in [9.17, 15) is 9.59 Å². The molecule has 0 saturated heterocycles. The highest BCUT2D eigenvalue weighted by Gasteiger charge is 2.49. The van der Waals surface area contributed by atoms with Crippen LogP contribution in [0.4, 0.5) is 0 Å². The Morgan fingerprint density at radius 3 is 2.17 bits per heavy atom. The van der Waals surface area contributed by atoms with E-state index in [0.717, 1.165) is 12.8 Å². The zero-order valence-electron chi connectivity index (χ0n) is 19.8. The molecule has 0 aliphatic heterocycles. The SMILES string of the molecule is C=CCOCCCC(C)(C)C(CC(C)(C)C(C)(C)C(=O)OCCO)C(=O)N(C)C. The Bertz CT molecular complexity index is 537. The second-order valence-corrected chi connectivity index (χ2v) is 9.81. The standard InChI is InChI=1S/C23H43NO5/c1-10-14-28-15-11-12-21(2,3)18(19(26)24(8)9)17-22(4,5)23(6,7)20(27)29-16-13-25/h10,18,25H,1,11-17H2,2-9H3. The molecule has 1 atom stereocenters. The third kappa shape index (κ3) is 8.09. The van der Waals surface area contributed by atoms with Gasteiger partial charge in [-0.1, -0.05) is 33.8 Å². The molecule has 6 nitrogen and oxygen atoms in total. The van der Waals surface area contributed by atoms with E-state index in [4.69, 9.17) is 14.6 Å². The van der Waals surface area contributed by atoms with Gasteiger partial charge in [0.2, 0.25) is 5.91 Å². The van der Waals surface area contributed by atoms with Gasteiger partial charge in [0.25, 0.3) is 0 Å². The van der Waals surface area contributed by atoms with Crippen LogP contribution in [0.5, 0.6) is 0 Å². The molecule has 0 aliphatic carbocycles. The lowest BCUT2D eigenvalue weighted by Gasteiger charge is -2.45. The van der Waals surface area contributed by atoms with Gasteiger partial charge >= 0.3 is 5.97 Å². The molecule has 0 saturated carbocycles. The first-order valence-corrected chi connectivity index (χ1v) is 10.4. The monoisotopic (exact) mass is 413 g/mol. The highest BCUT2D eigenvalue weighted by Crippen LogP contribution is 2.48. The van der Waals surface area contributed by atoms with E-state index in [2.05, 4.69) is 20.4 Å². The number of aliphatic hydroxyl groups excluding tert-OH is 1. The van der Waals surface area contributed by atoms with Crippen LogP contribution in [0.3, 0.4) is 0 Å². The van der Waals surface area contributed by atoms with E-state index >= 15 is 0 Å². The molecule has 29 heavy (non-hydrogen) atoms. The quantitative estimate of drug-likeness (QED) is 0.267. The zero-order valence-corrected chi connectivity index (χ0v) is 19.8. The third-order valence-corrected chi connectivity index (χ3v) is 6.27. The van der Waals surface area contributed by atoms with Crippen molar-refractivity contribution in [3.05, 3.63) is 12.7 Å². The van der Waals surface area contributed by atoms with Gasteiger partial charge in [-0.15, -0.1) is 6.58 Å². The molecule has 1 N–H and O–H groups in total. The average molecular weight is 414 g/mol. The number of amides is 1. The Morgan fingerprint density at radius 2 is 1.69 bits per heavy atom. The highest BCUT2D eigenvalue weighted by molar-refractivity contribution is 5.80. The normalized spacial score (nSPS) is 13.7. The van der Waals surface area contributed by atoms with Crippen molar-refractivity contribution in [2.45, 2.75) is 60.8 Å². The first-order valence-electron chi connectivity index (χ1n) is 10.4. The largest absolute Gasteiger partial charge is 0.463 e. The van der Waals surface area contributed by atoms with Crippen LogP contribution in [0.1, 0.15) is 60.8 Å². The lowest BCUT2D eigenvalue weighted by molar-refractivity contribution is -0.164. The highest BCUT2D eigenvalue weighted by atomic mass is 16.5. The van der Waals surface area contributed by atoms with E-state index in [1.807, 2.05) is 27.7 Å². The van der Waals surface area contributed by atoms with Crippen LogP contribution in [0, 0.1) is 22.2 Å². The summed E-state index contributed by atoms with van der Waals surface area (Å²) < 4.78 is 10.7. The summed E-state index contributed by atoms with van der Waals surface area (Å²) >= 11 is 0. The molecule has 0 heterocycles. The number of carbonyl (C=O) groups excluding carboxylic acids is 2. The van der Waals surface area contributed by atoms with Crippen LogP contribution in [-0.2, 0) is 19.1 Å². The minimum atomic E-state index is -0.809. The van der Waals surface area contributed by atoms with Gasteiger partial charge in [-0.25, -0.2) is 0 Å². The molecule has 0 aromatic carbocycles. The molecule has 1 unspecified atom stereocenters. The van der Waals surface area contributed by atoms with Gasteiger partial charge in [-0.05, 0) is 43.9 Å². The Kier molecular flexibility index (Phi) is 11.1. The van der Waals surface area contributed by atoms with Crippen molar-refractivity contribution in [3.63, 3.8) is 0 Å². The topological polar surface area (TPSA) is 76.1 Å². The summed E-state index contributed by atoms with van der Waals surface area (Å²) in [5.41, 5.74) is -1.57. The van der Waals surface area contributed by atoms with Crippen LogP contribution >= 0.6 is 0 Å². The first-order chi connectivity index (χ1) is 13.2. The summed E-state index contributed by atoms with van der Waals surface area (Å²) in [5.74, 6) is -0.547. The lowest BCUT2D eigenvalue weighted by atomic mass is 9.59. The van der Waals surface area contributed by atoms with Gasteiger partial charge in [-0.2, -0.15) is 0 Å². The lowest BCUT2D eigenvalue weighted by Crippen LogP contribution is -2.47. The van der Waals surface area contributed by atoms with E-state index in [-0.39, 0.29) is 36.4 Å². The molecule has 0 radical (unpaired) electrons.